The van der Waals surface area contributed by atoms with Crippen LogP contribution in [0.1, 0.15) is 2.74 Å². The van der Waals surface area contributed by atoms with Crippen molar-refractivity contribution in [1.82, 2.24) is 0 Å². The van der Waals surface area contributed by atoms with Crippen molar-refractivity contribution in [2.75, 3.05) is 0 Å². The van der Waals surface area contributed by atoms with Crippen LogP contribution in [0.25, 0.3) is 0 Å². The average Bonchev–Trinajstić information content (AvgIpc) is 1.80. The molecular formula is C6H7B. The Morgan fingerprint density at radius 2 is 2.29 bits per heavy atom. The Kier molecular flexibility index (Phi) is 0.668. The van der Waals surface area contributed by atoms with Gasteiger partial charge in [0, 0.05) is 0 Å². The standard InChI is InChI=1S/C6H7B/c7-6-4-2-1-3-5-6/h1-5H,7H2/i1D,2D. The van der Waals surface area contributed by atoms with Gasteiger partial charge >= 0.3 is 0 Å². The van der Waals surface area contributed by atoms with Crippen molar-refractivity contribution in [3.05, 3.63) is 30.3 Å². The molecule has 1 aromatic rings. The Balaban J connectivity index is 3.17. The normalized spacial score (nSPS) is 12.6. The SMILES string of the molecule is [2H]c1ccc(B)cc1[2H]. The highest BCUT2D eigenvalue weighted by Crippen LogP contribution is 1.76. The van der Waals surface area contributed by atoms with E-state index in [1.54, 1.807) is 12.1 Å². The first-order chi connectivity index (χ1) is 4.20. The van der Waals surface area contributed by atoms with Crippen molar-refractivity contribution in [1.29, 1.82) is 0 Å². The summed E-state index contributed by atoms with van der Waals surface area (Å²) in [5.41, 5.74) is 1.04. The van der Waals surface area contributed by atoms with Crippen LogP contribution < -0.4 is 5.46 Å². The smallest absolute Gasteiger partial charge is 0.0890 e. The third-order valence-corrected chi connectivity index (χ3v) is 0.813. The minimum atomic E-state index is 0.292. The molecule has 1 rings (SSSR count). The summed E-state index contributed by atoms with van der Waals surface area (Å²) in [4.78, 5) is 0. The second-order valence-electron chi connectivity index (χ2n) is 1.51. The van der Waals surface area contributed by atoms with Crippen LogP contribution in [0.15, 0.2) is 30.3 Å². The van der Waals surface area contributed by atoms with E-state index in [4.69, 9.17) is 2.74 Å². The van der Waals surface area contributed by atoms with Gasteiger partial charge in [-0.25, -0.2) is 0 Å². The maximum Gasteiger partial charge on any atom is 0.139 e. The van der Waals surface area contributed by atoms with Gasteiger partial charge in [-0.2, -0.15) is 0 Å². The summed E-state index contributed by atoms with van der Waals surface area (Å²) in [7, 11) is 1.91. The van der Waals surface area contributed by atoms with E-state index in [9.17, 15) is 0 Å². The maximum atomic E-state index is 7.17. The van der Waals surface area contributed by atoms with E-state index in [0.29, 0.717) is 12.1 Å². The van der Waals surface area contributed by atoms with Gasteiger partial charge < -0.3 is 0 Å². The highest BCUT2D eigenvalue weighted by atomic mass is 13.7. The summed E-state index contributed by atoms with van der Waals surface area (Å²) < 4.78 is 14.3. The molecule has 0 unspecified atom stereocenters. The number of rotatable bonds is 0. The zero-order chi connectivity index (χ0) is 6.85. The third-order valence-electron chi connectivity index (χ3n) is 0.813. The lowest BCUT2D eigenvalue weighted by molar-refractivity contribution is 1.78. The first kappa shape index (κ1) is 2.56. The molecule has 1 heteroatoms. The van der Waals surface area contributed by atoms with Gasteiger partial charge in [-0.05, 0) is 0 Å². The van der Waals surface area contributed by atoms with Gasteiger partial charge in [0.25, 0.3) is 0 Å². The molecule has 0 spiro atoms. The minimum Gasteiger partial charge on any atom is -0.0890 e. The minimum absolute atomic E-state index is 0.292. The zero-order valence-electron chi connectivity index (χ0n) is 6.23. The molecule has 34 valence electrons. The molecule has 0 aromatic heterocycles. The summed E-state index contributed by atoms with van der Waals surface area (Å²) in [6.07, 6.45) is 0. The van der Waals surface area contributed by atoms with Crippen LogP contribution in [0, 0.1) is 0 Å². The molecule has 1 aromatic carbocycles. The lowest BCUT2D eigenvalue weighted by Crippen LogP contribution is -1.97. The Morgan fingerprint density at radius 3 is 2.86 bits per heavy atom. The largest absolute Gasteiger partial charge is 0.139 e. The van der Waals surface area contributed by atoms with E-state index in [1.165, 1.54) is 0 Å². The van der Waals surface area contributed by atoms with Crippen LogP contribution in [0.5, 0.6) is 0 Å². The topological polar surface area (TPSA) is 0 Å². The highest BCUT2D eigenvalue weighted by molar-refractivity contribution is 6.32. The van der Waals surface area contributed by atoms with Crippen molar-refractivity contribution >= 4 is 13.3 Å². The Labute approximate surface area is 47.4 Å². The Morgan fingerprint density at radius 1 is 1.43 bits per heavy atom. The molecule has 0 atom stereocenters. The molecule has 0 nitrogen and oxygen atoms in total. The summed E-state index contributed by atoms with van der Waals surface area (Å²) in [6, 6.07) is 5.75. The van der Waals surface area contributed by atoms with Gasteiger partial charge in [0.15, 0.2) is 0 Å². The predicted molar refractivity (Wildman–Crippen MR) is 34.6 cm³/mol. The molecule has 0 aliphatic rings. The van der Waals surface area contributed by atoms with Crippen LogP contribution in [-0.2, 0) is 0 Å². The third kappa shape index (κ3) is 1.07. The molecule has 0 aliphatic heterocycles. The summed E-state index contributed by atoms with van der Waals surface area (Å²) >= 11 is 0. The number of benzene rings is 1. The average molecular weight is 91.9 g/mol. The molecule has 7 heavy (non-hydrogen) atoms. The van der Waals surface area contributed by atoms with Gasteiger partial charge in [-0.3, -0.25) is 0 Å². The molecular weight excluding hydrogens is 82.9 g/mol. The van der Waals surface area contributed by atoms with Crippen molar-refractivity contribution in [2.45, 2.75) is 0 Å². The monoisotopic (exact) mass is 92.1 g/mol. The van der Waals surface area contributed by atoms with Crippen LogP contribution in [0.4, 0.5) is 0 Å². The van der Waals surface area contributed by atoms with Crippen molar-refractivity contribution in [3.8, 4) is 0 Å². The fourth-order valence-corrected chi connectivity index (χ4v) is 0.425. The quantitative estimate of drug-likeness (QED) is 0.393. The summed E-state index contributed by atoms with van der Waals surface area (Å²) in [6.45, 7) is 0. The summed E-state index contributed by atoms with van der Waals surface area (Å²) in [5.74, 6) is 0. The van der Waals surface area contributed by atoms with Crippen molar-refractivity contribution in [2.24, 2.45) is 0 Å². The molecule has 0 amide bonds. The van der Waals surface area contributed by atoms with E-state index in [-0.39, 0.29) is 0 Å². The molecule has 0 bridgehead atoms. The second kappa shape index (κ2) is 1.83. The summed E-state index contributed by atoms with van der Waals surface area (Å²) in [5, 5.41) is 0. The van der Waals surface area contributed by atoms with Crippen LogP contribution >= 0.6 is 0 Å². The number of hydrogen-bond donors (Lipinski definition) is 0. The van der Waals surface area contributed by atoms with E-state index in [0.717, 1.165) is 5.46 Å². The van der Waals surface area contributed by atoms with Crippen molar-refractivity contribution < 1.29 is 2.74 Å². The molecule has 0 saturated heterocycles. The van der Waals surface area contributed by atoms with Crippen LogP contribution in [-0.4, -0.2) is 7.85 Å². The van der Waals surface area contributed by atoms with Gasteiger partial charge in [-0.1, -0.05) is 35.7 Å². The first-order valence-corrected chi connectivity index (χ1v) is 2.24. The fourth-order valence-electron chi connectivity index (χ4n) is 0.425. The highest BCUT2D eigenvalue weighted by Gasteiger charge is 1.72. The second-order valence-corrected chi connectivity index (χ2v) is 1.51. The van der Waals surface area contributed by atoms with Gasteiger partial charge in [-0.15, -0.1) is 0 Å². The molecule has 0 aliphatic carbocycles. The van der Waals surface area contributed by atoms with Crippen LogP contribution in [0.3, 0.4) is 0 Å². The van der Waals surface area contributed by atoms with Crippen molar-refractivity contribution in [3.63, 3.8) is 0 Å². The fraction of sp³-hybridized carbons (Fsp3) is 0. The predicted octanol–water partition coefficient (Wildman–Crippen LogP) is -0.0550. The van der Waals surface area contributed by atoms with Crippen LogP contribution in [0.2, 0.25) is 0 Å². The number of hydrogen-bond acceptors (Lipinski definition) is 0. The molecule has 0 fully saturated rings. The lowest BCUT2D eigenvalue weighted by Gasteiger charge is -1.82. The van der Waals surface area contributed by atoms with Gasteiger partial charge in [0.05, 0.1) is 2.74 Å². The molecule has 0 radical (unpaired) electrons. The maximum absolute atomic E-state index is 7.17. The lowest BCUT2D eigenvalue weighted by atomic mass is 9.97. The first-order valence-electron chi connectivity index (χ1n) is 3.24. The molecule has 0 N–H and O–H groups in total. The van der Waals surface area contributed by atoms with E-state index < -0.39 is 0 Å². The van der Waals surface area contributed by atoms with Gasteiger partial charge in [0.2, 0.25) is 0 Å². The van der Waals surface area contributed by atoms with E-state index >= 15 is 0 Å². The molecule has 0 saturated carbocycles. The van der Waals surface area contributed by atoms with E-state index in [1.807, 2.05) is 13.9 Å². The van der Waals surface area contributed by atoms with Gasteiger partial charge in [0.1, 0.15) is 7.85 Å². The molecule has 0 heterocycles. The van der Waals surface area contributed by atoms with E-state index in [2.05, 4.69) is 0 Å². The Bertz CT molecular complexity index is 222. The zero-order valence-corrected chi connectivity index (χ0v) is 4.23. The Hall–Kier alpha value is -0.715.